The third-order valence-electron chi connectivity index (χ3n) is 2.32. The van der Waals surface area contributed by atoms with E-state index < -0.39 is 45.7 Å². The maximum atomic E-state index is 12.8. The maximum Gasteiger partial charge on any atom is 0.454 e. The lowest BCUT2D eigenvalue weighted by Gasteiger charge is -2.12. The van der Waals surface area contributed by atoms with E-state index in [1.165, 1.54) is 0 Å². The summed E-state index contributed by atoms with van der Waals surface area (Å²) in [6, 6.07) is 0.883. The van der Waals surface area contributed by atoms with Crippen molar-refractivity contribution in [3.8, 4) is 0 Å². The van der Waals surface area contributed by atoms with Gasteiger partial charge in [0.05, 0.1) is 12.1 Å². The van der Waals surface area contributed by atoms with Crippen molar-refractivity contribution in [3.63, 3.8) is 0 Å². The van der Waals surface area contributed by atoms with Gasteiger partial charge < -0.3 is 5.11 Å². The van der Waals surface area contributed by atoms with Crippen LogP contribution in [0.15, 0.2) is 18.2 Å². The highest BCUT2D eigenvalue weighted by molar-refractivity contribution is 6.33. The number of nitrogens with zero attached hydrogens (tertiary/aromatic N) is 1. The summed E-state index contributed by atoms with van der Waals surface area (Å²) in [5, 5.41) is 8.65. The summed E-state index contributed by atoms with van der Waals surface area (Å²) in [5.74, 6) is -3.81. The number of carbonyl (C=O) groups is 1. The first-order valence-corrected chi connectivity index (χ1v) is 5.56. The third kappa shape index (κ3) is 3.92. The van der Waals surface area contributed by atoms with Crippen molar-refractivity contribution in [2.75, 3.05) is 0 Å². The molecule has 0 fully saturated rings. The van der Waals surface area contributed by atoms with Gasteiger partial charge in [-0.3, -0.25) is 4.79 Å². The molecule has 0 radical (unpaired) electrons. The van der Waals surface area contributed by atoms with Crippen molar-refractivity contribution < 1.29 is 36.2 Å². The minimum atomic E-state index is -5.29. The molecule has 0 aliphatic heterocycles. The van der Waals surface area contributed by atoms with E-state index in [0.717, 1.165) is 0 Å². The number of halogens is 7. The predicted molar refractivity (Wildman–Crippen MR) is 64.4 cm³/mol. The van der Waals surface area contributed by atoms with E-state index in [9.17, 15) is 36.2 Å². The van der Waals surface area contributed by atoms with Gasteiger partial charge in [0.2, 0.25) is 5.69 Å². The number of aliphatic hydroxyl groups is 1. The van der Waals surface area contributed by atoms with E-state index >= 15 is 0 Å². The summed E-state index contributed by atoms with van der Waals surface area (Å²) in [6.07, 6.45) is -10.6. The molecular formula is C12H4ClF6NO2. The number of hydrogen-bond acceptors (Lipinski definition) is 2. The Morgan fingerprint density at radius 2 is 1.77 bits per heavy atom. The molecule has 1 N–H and O–H groups in total. The molecule has 1 aromatic rings. The molecule has 1 rings (SSSR count). The van der Waals surface area contributed by atoms with E-state index in [-0.39, 0.29) is 12.1 Å². The molecule has 118 valence electrons. The minimum Gasteiger partial charge on any atom is -0.507 e. The molecule has 1 aromatic carbocycles. The average Bonchev–Trinajstić information content (AvgIpc) is 2.35. The van der Waals surface area contributed by atoms with Crippen LogP contribution in [0.3, 0.4) is 0 Å². The van der Waals surface area contributed by atoms with Gasteiger partial charge in [0.1, 0.15) is 5.76 Å². The van der Waals surface area contributed by atoms with Crippen LogP contribution in [0.5, 0.6) is 0 Å². The zero-order valence-corrected chi connectivity index (χ0v) is 10.9. The minimum absolute atomic E-state index is 0.231. The van der Waals surface area contributed by atoms with Crippen LogP contribution in [0.1, 0.15) is 11.1 Å². The van der Waals surface area contributed by atoms with Gasteiger partial charge >= 0.3 is 12.4 Å². The SMILES string of the molecule is [C-]#[N+]c1c(Cl)cc(/C(O)=C/C(=O)C(F)(F)F)cc1C(F)(F)F. The number of ketones is 1. The Morgan fingerprint density at radius 3 is 2.18 bits per heavy atom. The Hall–Kier alpha value is -2.21. The number of aliphatic hydroxyl groups excluding tert-OH is 1. The Morgan fingerprint density at radius 1 is 1.23 bits per heavy atom. The average molecular weight is 344 g/mol. The molecule has 0 atom stereocenters. The first-order valence-electron chi connectivity index (χ1n) is 5.18. The van der Waals surface area contributed by atoms with Crippen LogP contribution in [-0.2, 0) is 11.0 Å². The van der Waals surface area contributed by atoms with E-state index in [4.69, 9.17) is 18.2 Å². The van der Waals surface area contributed by atoms with Crippen LogP contribution in [-0.4, -0.2) is 17.1 Å². The molecule has 0 unspecified atom stereocenters. The molecule has 0 saturated heterocycles. The Balaban J connectivity index is 3.46. The number of hydrogen-bond donors (Lipinski definition) is 1. The van der Waals surface area contributed by atoms with Gasteiger partial charge in [-0.05, 0) is 12.1 Å². The lowest BCUT2D eigenvalue weighted by atomic mass is 10.1. The zero-order valence-electron chi connectivity index (χ0n) is 10.2. The van der Waals surface area contributed by atoms with Crippen molar-refractivity contribution in [1.29, 1.82) is 0 Å². The van der Waals surface area contributed by atoms with E-state index in [0.29, 0.717) is 6.07 Å². The molecule has 0 bridgehead atoms. The van der Waals surface area contributed by atoms with Gasteiger partial charge in [0.25, 0.3) is 5.78 Å². The van der Waals surface area contributed by atoms with Crippen LogP contribution >= 0.6 is 11.6 Å². The number of alkyl halides is 6. The molecule has 0 aliphatic rings. The topological polar surface area (TPSA) is 41.7 Å². The third-order valence-corrected chi connectivity index (χ3v) is 2.61. The molecule has 22 heavy (non-hydrogen) atoms. The summed E-state index contributed by atoms with van der Waals surface area (Å²) in [6.45, 7) is 6.64. The van der Waals surface area contributed by atoms with Crippen LogP contribution in [0.4, 0.5) is 32.0 Å². The van der Waals surface area contributed by atoms with Crippen LogP contribution in [0.2, 0.25) is 5.02 Å². The quantitative estimate of drug-likeness (QED) is 0.358. The molecule has 0 aromatic heterocycles. The molecule has 0 amide bonds. The van der Waals surface area contributed by atoms with Gasteiger partial charge in [-0.1, -0.05) is 11.6 Å². The molecule has 0 spiro atoms. The second-order valence-corrected chi connectivity index (χ2v) is 4.26. The molecule has 0 saturated carbocycles. The van der Waals surface area contributed by atoms with Gasteiger partial charge in [-0.15, -0.1) is 0 Å². The monoisotopic (exact) mass is 343 g/mol. The van der Waals surface area contributed by atoms with E-state index in [1.807, 2.05) is 0 Å². The molecule has 10 heteroatoms. The lowest BCUT2D eigenvalue weighted by molar-refractivity contribution is -0.165. The summed E-state index contributed by atoms with van der Waals surface area (Å²) >= 11 is 5.45. The lowest BCUT2D eigenvalue weighted by Crippen LogP contribution is -2.20. The standard InChI is InChI=1S/C12H4ClF6NO2/c1-20-10-6(11(14,15)16)2-5(3-7(10)13)8(21)4-9(22)12(17,18)19/h2-4,21H/b8-4-. The molecule has 0 aliphatic carbocycles. The maximum absolute atomic E-state index is 12.8. The van der Waals surface area contributed by atoms with Crippen LogP contribution in [0, 0.1) is 6.57 Å². The predicted octanol–water partition coefficient (Wildman–Crippen LogP) is 4.94. The second-order valence-electron chi connectivity index (χ2n) is 3.86. The smallest absolute Gasteiger partial charge is 0.454 e. The number of benzene rings is 1. The van der Waals surface area contributed by atoms with E-state index in [2.05, 4.69) is 4.85 Å². The normalized spacial score (nSPS) is 12.9. The summed E-state index contributed by atoms with van der Waals surface area (Å²) in [4.78, 5) is 13.3. The second kappa shape index (κ2) is 5.88. The van der Waals surface area contributed by atoms with Gasteiger partial charge in [0, 0.05) is 16.7 Å². The summed E-state index contributed by atoms with van der Waals surface area (Å²) in [5.41, 5.74) is -3.28. The molecular weight excluding hydrogens is 340 g/mol. The van der Waals surface area contributed by atoms with Gasteiger partial charge in [-0.25, -0.2) is 4.85 Å². The largest absolute Gasteiger partial charge is 0.507 e. The van der Waals surface area contributed by atoms with Crippen LogP contribution < -0.4 is 0 Å². The van der Waals surface area contributed by atoms with Crippen molar-refractivity contribution in [3.05, 3.63) is 45.8 Å². The highest BCUT2D eigenvalue weighted by Crippen LogP contribution is 2.42. The fourth-order valence-corrected chi connectivity index (χ4v) is 1.63. The van der Waals surface area contributed by atoms with Crippen molar-refractivity contribution >= 4 is 28.8 Å². The van der Waals surface area contributed by atoms with E-state index in [1.54, 1.807) is 0 Å². The van der Waals surface area contributed by atoms with Crippen molar-refractivity contribution in [2.45, 2.75) is 12.4 Å². The molecule has 0 heterocycles. The van der Waals surface area contributed by atoms with Crippen LogP contribution in [0.25, 0.3) is 10.6 Å². The first-order chi connectivity index (χ1) is 9.87. The highest BCUT2D eigenvalue weighted by Gasteiger charge is 2.38. The number of allylic oxidation sites excluding steroid dienone is 1. The Labute approximate surface area is 124 Å². The zero-order chi connectivity index (χ0) is 17.3. The molecule has 3 nitrogen and oxygen atoms in total. The first kappa shape index (κ1) is 17.8. The number of rotatable bonds is 2. The van der Waals surface area contributed by atoms with Crippen molar-refractivity contribution in [1.82, 2.24) is 0 Å². The van der Waals surface area contributed by atoms with Gasteiger partial charge in [-0.2, -0.15) is 26.3 Å². The Kier molecular flexibility index (Phi) is 4.77. The Bertz CT molecular complexity index is 685. The fraction of sp³-hybridized carbons (Fsp3) is 0.167. The summed E-state index contributed by atoms with van der Waals surface area (Å²) < 4.78 is 74.4. The van der Waals surface area contributed by atoms with Gasteiger partial charge in [0.15, 0.2) is 0 Å². The van der Waals surface area contributed by atoms with Crippen molar-refractivity contribution in [2.24, 2.45) is 0 Å². The fourth-order valence-electron chi connectivity index (χ4n) is 1.37. The summed E-state index contributed by atoms with van der Waals surface area (Å²) in [7, 11) is 0. The number of carbonyl (C=O) groups excluding carboxylic acids is 1. The highest BCUT2D eigenvalue weighted by atomic mass is 35.5.